The molecule has 2 N–H and O–H groups in total. The van der Waals surface area contributed by atoms with E-state index in [1.54, 1.807) is 14.1 Å². The van der Waals surface area contributed by atoms with Crippen LogP contribution in [0.5, 0.6) is 0 Å². The van der Waals surface area contributed by atoms with Gasteiger partial charge in [-0.05, 0) is 47.5 Å². The van der Waals surface area contributed by atoms with Crippen LogP contribution in [0, 0.1) is 0 Å². The molecule has 0 atom stereocenters. The van der Waals surface area contributed by atoms with Crippen LogP contribution in [0.15, 0.2) is 71.7 Å². The fourth-order valence-electron chi connectivity index (χ4n) is 3.62. The maximum atomic E-state index is 12.3. The summed E-state index contributed by atoms with van der Waals surface area (Å²) in [6.07, 6.45) is 1.90. The molecule has 32 heavy (non-hydrogen) atoms. The third kappa shape index (κ3) is 3.76. The van der Waals surface area contributed by atoms with Crippen molar-refractivity contribution < 1.29 is 4.79 Å². The molecule has 7 nitrogen and oxygen atoms in total. The maximum absolute atomic E-state index is 12.3. The Morgan fingerprint density at radius 1 is 0.969 bits per heavy atom. The molecule has 2 heterocycles. The molecule has 1 aromatic heterocycles. The molecule has 158 valence electrons. The zero-order valence-electron chi connectivity index (χ0n) is 17.8. The lowest BCUT2D eigenvalue weighted by Crippen LogP contribution is -2.27. The number of hydrogen-bond donors (Lipinski definition) is 2. The predicted molar refractivity (Wildman–Crippen MR) is 129 cm³/mol. The van der Waals surface area contributed by atoms with Crippen LogP contribution in [0.25, 0.3) is 22.3 Å². The van der Waals surface area contributed by atoms with Gasteiger partial charge in [-0.2, -0.15) is 0 Å². The molecular formula is C25H22N6O. The number of aliphatic imine (C=N–C) groups is 1. The Morgan fingerprint density at radius 2 is 1.78 bits per heavy atom. The fourth-order valence-corrected chi connectivity index (χ4v) is 3.62. The second-order valence-corrected chi connectivity index (χ2v) is 7.79. The molecule has 0 unspecified atom stereocenters. The standard InChI is InChI=1S/C25H22N6O/c1-31(2)25(32)29-22-10-6-4-8-20(22)24-28-21-9-5-3-7-19(21)23(30-24)27-18-12-11-16-14-26-15-17(16)13-18/h3-13,15H,14H2,1-2H3,(H,29,32)(H,27,28,30). The Morgan fingerprint density at radius 3 is 2.66 bits per heavy atom. The highest BCUT2D eigenvalue weighted by Crippen LogP contribution is 2.31. The number of fused-ring (bicyclic) bond motifs is 2. The van der Waals surface area contributed by atoms with Gasteiger partial charge < -0.3 is 15.5 Å². The van der Waals surface area contributed by atoms with Crippen LogP contribution in [0.3, 0.4) is 0 Å². The summed E-state index contributed by atoms with van der Waals surface area (Å²) >= 11 is 0. The Bertz CT molecular complexity index is 1360. The maximum Gasteiger partial charge on any atom is 0.321 e. The number of carbonyl (C=O) groups excluding carboxylic acids is 1. The van der Waals surface area contributed by atoms with Gasteiger partial charge in [0.15, 0.2) is 5.82 Å². The van der Waals surface area contributed by atoms with Crippen LogP contribution in [0.4, 0.5) is 22.0 Å². The number of nitrogens with zero attached hydrogens (tertiary/aromatic N) is 4. The van der Waals surface area contributed by atoms with Crippen molar-refractivity contribution in [1.82, 2.24) is 14.9 Å². The number of amides is 2. The lowest BCUT2D eigenvalue weighted by Gasteiger charge is -2.16. The van der Waals surface area contributed by atoms with Crippen molar-refractivity contribution in [2.24, 2.45) is 4.99 Å². The second kappa shape index (κ2) is 8.11. The van der Waals surface area contributed by atoms with Crippen molar-refractivity contribution in [3.63, 3.8) is 0 Å². The third-order valence-electron chi connectivity index (χ3n) is 5.32. The lowest BCUT2D eigenvalue weighted by atomic mass is 10.1. The van der Waals surface area contributed by atoms with E-state index in [4.69, 9.17) is 9.97 Å². The second-order valence-electron chi connectivity index (χ2n) is 7.79. The molecule has 1 aliphatic rings. The number of nitrogens with one attached hydrogen (secondary N) is 2. The third-order valence-corrected chi connectivity index (χ3v) is 5.32. The summed E-state index contributed by atoms with van der Waals surface area (Å²) in [6.45, 7) is 0.728. The normalized spacial score (nSPS) is 11.9. The molecule has 0 aliphatic carbocycles. The average Bonchev–Trinajstić information content (AvgIpc) is 3.27. The molecular weight excluding hydrogens is 400 g/mol. The summed E-state index contributed by atoms with van der Waals surface area (Å²) < 4.78 is 0. The fraction of sp³-hybridized carbons (Fsp3) is 0.120. The number of urea groups is 1. The molecule has 1 aliphatic heterocycles. The first kappa shape index (κ1) is 19.7. The molecule has 0 spiro atoms. The lowest BCUT2D eigenvalue weighted by molar-refractivity contribution is 0.230. The van der Waals surface area contributed by atoms with Gasteiger partial charge in [-0.1, -0.05) is 30.3 Å². The van der Waals surface area contributed by atoms with E-state index in [1.165, 1.54) is 10.5 Å². The van der Waals surface area contributed by atoms with Gasteiger partial charge in [0.2, 0.25) is 0 Å². The Hall–Kier alpha value is -4.26. The molecule has 0 radical (unpaired) electrons. The highest BCUT2D eigenvalue weighted by molar-refractivity contribution is 5.96. The first-order valence-corrected chi connectivity index (χ1v) is 10.3. The molecule has 0 saturated heterocycles. The Labute approximate surface area is 185 Å². The van der Waals surface area contributed by atoms with Gasteiger partial charge in [-0.15, -0.1) is 0 Å². The zero-order chi connectivity index (χ0) is 22.1. The number of para-hydroxylation sites is 2. The smallest absolute Gasteiger partial charge is 0.321 e. The molecule has 5 rings (SSSR count). The van der Waals surface area contributed by atoms with Crippen LogP contribution >= 0.6 is 0 Å². The average molecular weight is 422 g/mol. The van der Waals surface area contributed by atoms with Crippen LogP contribution in [0.1, 0.15) is 11.1 Å². The quantitative estimate of drug-likeness (QED) is 0.481. The summed E-state index contributed by atoms with van der Waals surface area (Å²) in [5.41, 5.74) is 5.48. The van der Waals surface area contributed by atoms with Gasteiger partial charge in [-0.25, -0.2) is 14.8 Å². The van der Waals surface area contributed by atoms with Gasteiger partial charge in [0.25, 0.3) is 0 Å². The highest BCUT2D eigenvalue weighted by atomic mass is 16.2. The van der Waals surface area contributed by atoms with Crippen molar-refractivity contribution >= 4 is 40.3 Å². The van der Waals surface area contributed by atoms with Gasteiger partial charge >= 0.3 is 6.03 Å². The number of anilines is 3. The minimum atomic E-state index is -0.212. The van der Waals surface area contributed by atoms with Gasteiger partial charge in [0.1, 0.15) is 5.82 Å². The zero-order valence-corrected chi connectivity index (χ0v) is 17.8. The molecule has 0 bridgehead atoms. The van der Waals surface area contributed by atoms with Crippen molar-refractivity contribution in [2.75, 3.05) is 24.7 Å². The van der Waals surface area contributed by atoms with Gasteiger partial charge in [0, 0.05) is 36.9 Å². The molecule has 0 saturated carbocycles. The first-order valence-electron chi connectivity index (χ1n) is 10.3. The van der Waals surface area contributed by atoms with Crippen molar-refractivity contribution in [3.05, 3.63) is 77.9 Å². The minimum Gasteiger partial charge on any atom is -0.340 e. The summed E-state index contributed by atoms with van der Waals surface area (Å²) in [5, 5.41) is 7.30. The number of benzene rings is 3. The largest absolute Gasteiger partial charge is 0.340 e. The highest BCUT2D eigenvalue weighted by Gasteiger charge is 2.15. The SMILES string of the molecule is CN(C)C(=O)Nc1ccccc1-c1nc(Nc2ccc3c(c2)C=NC3)c2ccccc2n1. The van der Waals surface area contributed by atoms with Gasteiger partial charge in [0.05, 0.1) is 17.7 Å². The summed E-state index contributed by atoms with van der Waals surface area (Å²) in [5.74, 6) is 1.23. The number of hydrogen-bond acceptors (Lipinski definition) is 5. The van der Waals surface area contributed by atoms with E-state index in [0.29, 0.717) is 17.3 Å². The monoisotopic (exact) mass is 422 g/mol. The number of aromatic nitrogens is 2. The van der Waals surface area contributed by atoms with E-state index in [2.05, 4.69) is 27.8 Å². The molecule has 7 heteroatoms. The Kier molecular flexibility index (Phi) is 4.99. The predicted octanol–water partition coefficient (Wildman–Crippen LogP) is 5.07. The van der Waals surface area contributed by atoms with E-state index < -0.39 is 0 Å². The molecule has 3 aromatic carbocycles. The summed E-state index contributed by atoms with van der Waals surface area (Å²) in [6, 6.07) is 21.4. The van der Waals surface area contributed by atoms with Crippen molar-refractivity contribution in [1.29, 1.82) is 0 Å². The summed E-state index contributed by atoms with van der Waals surface area (Å²) in [7, 11) is 3.40. The van der Waals surface area contributed by atoms with Crippen molar-refractivity contribution in [2.45, 2.75) is 6.54 Å². The molecule has 2 amide bonds. The van der Waals surface area contributed by atoms with E-state index in [-0.39, 0.29) is 6.03 Å². The van der Waals surface area contributed by atoms with Gasteiger partial charge in [-0.3, -0.25) is 4.99 Å². The van der Waals surface area contributed by atoms with E-state index >= 15 is 0 Å². The number of rotatable bonds is 4. The van der Waals surface area contributed by atoms with E-state index in [9.17, 15) is 4.79 Å². The summed E-state index contributed by atoms with van der Waals surface area (Å²) in [4.78, 5) is 27.7. The number of carbonyl (C=O) groups is 1. The minimum absolute atomic E-state index is 0.212. The van der Waals surface area contributed by atoms with Crippen LogP contribution < -0.4 is 10.6 Å². The van der Waals surface area contributed by atoms with E-state index in [0.717, 1.165) is 34.3 Å². The van der Waals surface area contributed by atoms with Crippen LogP contribution in [0.2, 0.25) is 0 Å². The van der Waals surface area contributed by atoms with Crippen LogP contribution in [-0.4, -0.2) is 41.2 Å². The topological polar surface area (TPSA) is 82.5 Å². The first-order chi connectivity index (χ1) is 15.6. The molecule has 4 aromatic rings. The Balaban J connectivity index is 1.59. The molecule has 0 fully saturated rings. The van der Waals surface area contributed by atoms with E-state index in [1.807, 2.05) is 60.8 Å². The van der Waals surface area contributed by atoms with Crippen molar-refractivity contribution in [3.8, 4) is 11.4 Å². The van der Waals surface area contributed by atoms with Crippen LogP contribution in [-0.2, 0) is 6.54 Å².